The van der Waals surface area contributed by atoms with E-state index >= 15 is 30.9 Å². The summed E-state index contributed by atoms with van der Waals surface area (Å²) in [6.07, 6.45) is 0. The van der Waals surface area contributed by atoms with E-state index < -0.39 is 58.9 Å². The molecular weight excluding hydrogens is 938 g/mol. The van der Waals surface area contributed by atoms with Crippen LogP contribution in [0.4, 0.5) is 26.3 Å². The number of hydrogen-bond donors (Lipinski definition) is 1. The third kappa shape index (κ3) is 7.30. The minimum Gasteiger partial charge on any atom is -0.395 e. The zero-order chi connectivity index (χ0) is 47.7. The maximum Gasteiger partial charge on any atom is 0.584 e. The van der Waals surface area contributed by atoms with Gasteiger partial charge in [-0.1, -0.05) is 133 Å². The van der Waals surface area contributed by atoms with Crippen LogP contribution in [0.25, 0.3) is 32.7 Å². The second-order valence-corrected chi connectivity index (χ2v) is 25.7. The van der Waals surface area contributed by atoms with Crippen LogP contribution in [0.3, 0.4) is 0 Å². The standard InChI is InChI=1S/C56H35F6O4PSi2/c57-37-9-21-43(22-10-37)68(44-23-11-38(58)12-24-44,45-25-13-39(59)14-26-45)51-33-35-5-1-3-7-49(35)53-54-50-8-4-2-6-36(50)34-52(56(54)66-67(63,64)65-55(51)53)69(46-27-15-40(60)16-28-46,47-29-17-41(61)18-30-47)48-31-19-42(62)20-32-48/h1-34H,(H,63,64). The first kappa shape index (κ1) is 44.1. The van der Waals surface area contributed by atoms with Crippen molar-refractivity contribution in [1.29, 1.82) is 0 Å². The van der Waals surface area contributed by atoms with Gasteiger partial charge in [0.2, 0.25) is 0 Å². The first-order valence-electron chi connectivity index (χ1n) is 21.8. The molecule has 1 heterocycles. The molecule has 338 valence electrons. The van der Waals surface area contributed by atoms with Gasteiger partial charge in [0.15, 0.2) is 16.1 Å². The van der Waals surface area contributed by atoms with E-state index in [2.05, 4.69) is 0 Å². The molecule has 0 unspecified atom stereocenters. The highest BCUT2D eigenvalue weighted by Gasteiger charge is 2.50. The maximum atomic E-state index is 15.3. The topological polar surface area (TPSA) is 55.8 Å². The summed E-state index contributed by atoms with van der Waals surface area (Å²) in [5.41, 5.74) is 0.678. The summed E-state index contributed by atoms with van der Waals surface area (Å²) < 4.78 is 119. The summed E-state index contributed by atoms with van der Waals surface area (Å²) in [7, 11) is -13.5. The molecular formula is C56H35F6O4PSi2. The zero-order valence-corrected chi connectivity index (χ0v) is 38.9. The van der Waals surface area contributed by atoms with Gasteiger partial charge in [0.1, 0.15) is 46.4 Å². The van der Waals surface area contributed by atoms with E-state index in [0.717, 1.165) is 0 Å². The molecule has 69 heavy (non-hydrogen) atoms. The molecule has 10 aromatic rings. The number of phosphoric acid groups is 1. The Morgan fingerprint density at radius 1 is 0.348 bits per heavy atom. The van der Waals surface area contributed by atoms with Crippen molar-refractivity contribution in [1.82, 2.24) is 0 Å². The Morgan fingerprint density at radius 2 is 0.580 bits per heavy atom. The third-order valence-corrected chi connectivity index (χ3v) is 23.5. The minimum atomic E-state index is -5.36. The average molecular weight is 973 g/mol. The summed E-state index contributed by atoms with van der Waals surface area (Å²) in [6, 6.07) is 53.3. The Balaban J connectivity index is 1.38. The van der Waals surface area contributed by atoms with Crippen LogP contribution >= 0.6 is 7.82 Å². The molecule has 0 amide bonds. The second kappa shape index (κ2) is 16.9. The van der Waals surface area contributed by atoms with Gasteiger partial charge >= 0.3 is 7.82 Å². The number of fused-ring (bicyclic) bond motifs is 7. The van der Waals surface area contributed by atoms with Crippen LogP contribution in [-0.2, 0) is 4.57 Å². The predicted octanol–water partition coefficient (Wildman–Crippen LogP) is 9.12. The Hall–Kier alpha value is -7.48. The zero-order valence-electron chi connectivity index (χ0n) is 36.0. The lowest BCUT2D eigenvalue weighted by Gasteiger charge is -2.36. The van der Waals surface area contributed by atoms with Crippen molar-refractivity contribution in [2.45, 2.75) is 0 Å². The van der Waals surface area contributed by atoms with Gasteiger partial charge in [-0.15, -0.1) is 0 Å². The van der Waals surface area contributed by atoms with Crippen LogP contribution in [0.5, 0.6) is 11.5 Å². The molecule has 0 spiro atoms. The van der Waals surface area contributed by atoms with Crippen molar-refractivity contribution in [3.8, 4) is 22.6 Å². The van der Waals surface area contributed by atoms with E-state index in [1.807, 2.05) is 60.7 Å². The summed E-state index contributed by atoms with van der Waals surface area (Å²) >= 11 is 0. The van der Waals surface area contributed by atoms with Crippen molar-refractivity contribution in [2.75, 3.05) is 0 Å². The summed E-state index contributed by atoms with van der Waals surface area (Å²) in [5.74, 6) is -3.35. The van der Waals surface area contributed by atoms with Gasteiger partial charge in [-0.3, -0.25) is 4.89 Å². The van der Waals surface area contributed by atoms with Crippen molar-refractivity contribution in [2.24, 2.45) is 0 Å². The van der Waals surface area contributed by atoms with Gasteiger partial charge in [-0.25, -0.2) is 30.9 Å². The van der Waals surface area contributed by atoms with E-state index in [1.165, 1.54) is 72.8 Å². The van der Waals surface area contributed by atoms with Crippen LogP contribution in [0.1, 0.15) is 0 Å². The van der Waals surface area contributed by atoms with Crippen molar-refractivity contribution in [3.05, 3.63) is 241 Å². The minimum absolute atomic E-state index is 0.0668. The molecule has 4 nitrogen and oxygen atoms in total. The second-order valence-electron chi connectivity index (χ2n) is 16.9. The first-order chi connectivity index (χ1) is 33.4. The highest BCUT2D eigenvalue weighted by molar-refractivity contribution is 7.48. The monoisotopic (exact) mass is 972 g/mol. The highest BCUT2D eigenvalue weighted by Crippen LogP contribution is 2.56. The predicted molar refractivity (Wildman–Crippen MR) is 265 cm³/mol. The van der Waals surface area contributed by atoms with Gasteiger partial charge in [0, 0.05) is 11.1 Å². The molecule has 0 saturated heterocycles. The number of rotatable bonds is 8. The molecule has 0 radical (unpaired) electrons. The van der Waals surface area contributed by atoms with Gasteiger partial charge in [-0.2, -0.15) is 0 Å². The largest absolute Gasteiger partial charge is 0.584 e. The van der Waals surface area contributed by atoms with Crippen molar-refractivity contribution in [3.63, 3.8) is 0 Å². The molecule has 0 atom stereocenters. The van der Waals surface area contributed by atoms with Gasteiger partial charge in [0.25, 0.3) is 0 Å². The Bertz CT molecular complexity index is 3190. The molecule has 0 saturated carbocycles. The summed E-state index contributed by atoms with van der Waals surface area (Å²) in [5, 5.41) is 6.49. The maximum absolute atomic E-state index is 15.3. The van der Waals surface area contributed by atoms with Crippen LogP contribution < -0.4 is 50.5 Å². The van der Waals surface area contributed by atoms with E-state index in [4.69, 9.17) is 9.05 Å². The van der Waals surface area contributed by atoms with E-state index in [0.29, 0.717) is 74.2 Å². The first-order valence-corrected chi connectivity index (χ1v) is 27.3. The van der Waals surface area contributed by atoms with E-state index in [9.17, 15) is 4.89 Å². The van der Waals surface area contributed by atoms with Crippen LogP contribution in [0.2, 0.25) is 0 Å². The molecule has 1 aliphatic heterocycles. The molecule has 1 aliphatic rings. The van der Waals surface area contributed by atoms with E-state index in [-0.39, 0.29) is 11.5 Å². The van der Waals surface area contributed by atoms with Gasteiger partial charge in [0.05, 0.1) is 0 Å². The number of benzene rings is 10. The quantitative estimate of drug-likeness (QED) is 0.0715. The smallest absolute Gasteiger partial charge is 0.395 e. The molecule has 1 N–H and O–H groups in total. The molecule has 10 aromatic carbocycles. The van der Waals surface area contributed by atoms with Gasteiger partial charge in [-0.05, 0) is 136 Å². The summed E-state index contributed by atoms with van der Waals surface area (Å²) in [6.45, 7) is 0. The number of hydrogen-bond acceptors (Lipinski definition) is 3. The van der Waals surface area contributed by atoms with Crippen molar-refractivity contribution < 1.29 is 44.8 Å². The molecule has 0 aromatic heterocycles. The van der Waals surface area contributed by atoms with Crippen LogP contribution in [-0.4, -0.2) is 21.0 Å². The fourth-order valence-electron chi connectivity index (χ4n) is 10.3. The lowest BCUT2D eigenvalue weighted by atomic mass is 9.92. The Kier molecular flexibility index (Phi) is 10.8. The SMILES string of the molecule is O=P1(O)Oc2c([Si](c3ccc(F)cc3)(c3ccc(F)cc3)c3ccc(F)cc3)cc3ccccc3c2-c2c(c([Si](c3ccc(F)cc3)(c3ccc(F)cc3)c3ccc(F)cc3)cc3ccccc23)O1. The molecule has 0 aliphatic carbocycles. The molecule has 0 bridgehead atoms. The highest BCUT2D eigenvalue weighted by atomic mass is 31.2. The molecule has 11 rings (SSSR count). The normalized spacial score (nSPS) is 13.3. The lowest BCUT2D eigenvalue weighted by Crippen LogP contribution is -2.75. The third-order valence-electron chi connectivity index (χ3n) is 13.1. The van der Waals surface area contributed by atoms with Crippen LogP contribution in [0.15, 0.2) is 206 Å². The fraction of sp³-hybridized carbons (Fsp3) is 0. The fourth-order valence-corrected chi connectivity index (χ4v) is 21.0. The lowest BCUT2D eigenvalue weighted by molar-refractivity contribution is 0.296. The van der Waals surface area contributed by atoms with E-state index in [1.54, 1.807) is 72.8 Å². The number of halogens is 6. The van der Waals surface area contributed by atoms with Crippen LogP contribution in [0, 0.1) is 34.9 Å². The van der Waals surface area contributed by atoms with Gasteiger partial charge < -0.3 is 9.05 Å². The number of phosphoric ester groups is 1. The van der Waals surface area contributed by atoms with Crippen molar-refractivity contribution >= 4 is 87.0 Å². The molecule has 0 fully saturated rings. The average Bonchev–Trinajstić information content (AvgIpc) is 3.48. The Morgan fingerprint density at radius 3 is 0.826 bits per heavy atom. The molecule has 13 heteroatoms. The summed E-state index contributed by atoms with van der Waals surface area (Å²) in [4.78, 5) is 12.5. The Labute approximate surface area is 394 Å².